The molecule has 6 nitrogen and oxygen atoms in total. The lowest BCUT2D eigenvalue weighted by molar-refractivity contribution is 0.572. The first-order chi connectivity index (χ1) is 17.2. The van der Waals surface area contributed by atoms with E-state index in [-0.39, 0.29) is 5.92 Å². The summed E-state index contributed by atoms with van der Waals surface area (Å²) in [6, 6.07) is 22.9. The van der Waals surface area contributed by atoms with E-state index < -0.39 is 0 Å². The molecule has 170 valence electrons. The average Bonchev–Trinajstić information content (AvgIpc) is 3.46. The van der Waals surface area contributed by atoms with E-state index in [0.29, 0.717) is 17.3 Å². The van der Waals surface area contributed by atoms with Crippen LogP contribution in [0.3, 0.4) is 0 Å². The van der Waals surface area contributed by atoms with Gasteiger partial charge in [0.05, 0.1) is 16.9 Å². The van der Waals surface area contributed by atoms with Gasteiger partial charge in [0, 0.05) is 34.2 Å². The molecule has 1 aliphatic carbocycles. The largest absolute Gasteiger partial charge is 0.423 e. The number of hydrogen-bond donors (Lipinski definition) is 1. The number of hydrogen-bond acceptors (Lipinski definition) is 5. The molecule has 0 saturated heterocycles. The molecule has 0 bridgehead atoms. The van der Waals surface area contributed by atoms with Crippen LogP contribution < -0.4 is 0 Å². The Hall–Kier alpha value is -4.32. The van der Waals surface area contributed by atoms with Crippen molar-refractivity contribution in [3.63, 3.8) is 0 Å². The van der Waals surface area contributed by atoms with E-state index in [1.807, 2.05) is 54.0 Å². The Morgan fingerprint density at radius 3 is 2.74 bits per heavy atom. The highest BCUT2D eigenvalue weighted by Crippen LogP contribution is 2.38. The molecular formula is C29H23N5O. The zero-order chi connectivity index (χ0) is 23.5. The quantitative estimate of drug-likeness (QED) is 0.295. The van der Waals surface area contributed by atoms with E-state index in [2.05, 4.69) is 29.2 Å². The lowest BCUT2D eigenvalue weighted by Crippen LogP contribution is -2.18. The maximum absolute atomic E-state index is 8.35. The number of aryl methyl sites for hydroxylation is 1. The van der Waals surface area contributed by atoms with Crippen molar-refractivity contribution in [1.29, 1.82) is 5.41 Å². The van der Waals surface area contributed by atoms with Gasteiger partial charge in [-0.3, -0.25) is 4.98 Å². The van der Waals surface area contributed by atoms with Crippen LogP contribution in [0, 0.1) is 5.41 Å². The number of nitrogens with zero attached hydrogens (tertiary/aromatic N) is 4. The smallest absolute Gasteiger partial charge is 0.309 e. The van der Waals surface area contributed by atoms with Crippen molar-refractivity contribution in [2.24, 2.45) is 0 Å². The van der Waals surface area contributed by atoms with Gasteiger partial charge in [0.15, 0.2) is 5.58 Å². The molecule has 0 amide bonds. The summed E-state index contributed by atoms with van der Waals surface area (Å²) in [4.78, 5) is 14.7. The SMILES string of the molecule is CC(=N)C1CCCc2cc3c4ccccc4n(-c4nc5c(-c6ccccn6)cccc5o4)c3nc21. The first-order valence-electron chi connectivity index (χ1n) is 12.0. The van der Waals surface area contributed by atoms with Crippen LogP contribution in [0.4, 0.5) is 0 Å². The molecule has 1 unspecified atom stereocenters. The molecule has 2 aromatic carbocycles. The van der Waals surface area contributed by atoms with Crippen molar-refractivity contribution >= 4 is 38.7 Å². The Morgan fingerprint density at radius 2 is 1.89 bits per heavy atom. The summed E-state index contributed by atoms with van der Waals surface area (Å²) in [6.07, 6.45) is 4.84. The van der Waals surface area contributed by atoms with Crippen molar-refractivity contribution in [1.82, 2.24) is 19.5 Å². The number of oxazole rings is 1. The van der Waals surface area contributed by atoms with Gasteiger partial charge in [0.1, 0.15) is 11.2 Å². The third-order valence-electron chi connectivity index (χ3n) is 7.09. The summed E-state index contributed by atoms with van der Waals surface area (Å²) in [6.45, 7) is 1.89. The molecule has 1 N–H and O–H groups in total. The van der Waals surface area contributed by atoms with Crippen LogP contribution in [0.15, 0.2) is 77.3 Å². The molecule has 4 aromatic heterocycles. The van der Waals surface area contributed by atoms with Gasteiger partial charge in [-0.15, -0.1) is 0 Å². The Morgan fingerprint density at radius 1 is 1.00 bits per heavy atom. The molecular weight excluding hydrogens is 434 g/mol. The van der Waals surface area contributed by atoms with Gasteiger partial charge in [-0.05, 0) is 62.1 Å². The third-order valence-corrected chi connectivity index (χ3v) is 7.09. The number of aromatic nitrogens is 4. The first-order valence-corrected chi connectivity index (χ1v) is 12.0. The van der Waals surface area contributed by atoms with E-state index in [4.69, 9.17) is 19.8 Å². The molecule has 1 atom stereocenters. The minimum Gasteiger partial charge on any atom is -0.423 e. The number of rotatable bonds is 3. The molecule has 0 saturated carbocycles. The van der Waals surface area contributed by atoms with E-state index in [1.165, 1.54) is 5.56 Å². The fraction of sp³-hybridized carbons (Fsp3) is 0.172. The molecule has 0 radical (unpaired) electrons. The van der Waals surface area contributed by atoms with Crippen molar-refractivity contribution in [2.45, 2.75) is 32.1 Å². The molecule has 1 aliphatic rings. The molecule has 0 fully saturated rings. The lowest BCUT2D eigenvalue weighted by atomic mass is 9.83. The summed E-state index contributed by atoms with van der Waals surface area (Å²) >= 11 is 0. The van der Waals surface area contributed by atoms with Gasteiger partial charge in [0.25, 0.3) is 0 Å². The predicted octanol–water partition coefficient (Wildman–Crippen LogP) is 6.84. The van der Waals surface area contributed by atoms with Crippen LogP contribution in [-0.4, -0.2) is 25.2 Å². The van der Waals surface area contributed by atoms with Crippen LogP contribution in [0.1, 0.15) is 36.9 Å². The van der Waals surface area contributed by atoms with Crippen molar-refractivity contribution in [3.05, 3.63) is 84.2 Å². The molecule has 6 heteroatoms. The lowest BCUT2D eigenvalue weighted by Gasteiger charge is -2.24. The van der Waals surface area contributed by atoms with Crippen molar-refractivity contribution in [2.75, 3.05) is 0 Å². The van der Waals surface area contributed by atoms with Gasteiger partial charge < -0.3 is 9.83 Å². The highest BCUT2D eigenvalue weighted by Gasteiger charge is 2.27. The zero-order valence-electron chi connectivity index (χ0n) is 19.3. The molecule has 35 heavy (non-hydrogen) atoms. The van der Waals surface area contributed by atoms with Crippen LogP contribution in [-0.2, 0) is 6.42 Å². The second-order valence-electron chi connectivity index (χ2n) is 9.25. The average molecular weight is 458 g/mol. The Kier molecular flexibility index (Phi) is 4.36. The number of pyridine rings is 2. The van der Waals surface area contributed by atoms with E-state index in [0.717, 1.165) is 63.7 Å². The summed E-state index contributed by atoms with van der Waals surface area (Å²) in [5.74, 6) is 0.0639. The summed E-state index contributed by atoms with van der Waals surface area (Å²) < 4.78 is 8.38. The molecule has 4 heterocycles. The van der Waals surface area contributed by atoms with E-state index in [9.17, 15) is 0 Å². The zero-order valence-corrected chi connectivity index (χ0v) is 19.3. The standard InChI is InChI=1S/C29H23N5O/c1-17(30)19-10-6-8-18-16-22-20-9-2-3-13-24(20)34(28(22)32-26(18)19)29-33-27-21(11-7-14-25(27)35-29)23-12-4-5-15-31-23/h2-5,7,9,11-16,19,30H,6,8,10H2,1H3. The molecule has 0 spiro atoms. The number of benzene rings is 2. The van der Waals surface area contributed by atoms with Gasteiger partial charge >= 0.3 is 6.01 Å². The van der Waals surface area contributed by atoms with Crippen LogP contribution in [0.5, 0.6) is 0 Å². The molecule has 0 aliphatic heterocycles. The Balaban J connectivity index is 1.53. The highest BCUT2D eigenvalue weighted by atomic mass is 16.4. The second kappa shape index (κ2) is 7.60. The maximum Gasteiger partial charge on any atom is 0.309 e. The monoisotopic (exact) mass is 457 g/mol. The van der Waals surface area contributed by atoms with Crippen molar-refractivity contribution in [3.8, 4) is 17.3 Å². The summed E-state index contributed by atoms with van der Waals surface area (Å²) in [5.41, 5.74) is 8.04. The third kappa shape index (κ3) is 3.03. The van der Waals surface area contributed by atoms with Gasteiger partial charge in [0.2, 0.25) is 0 Å². The maximum atomic E-state index is 8.35. The van der Waals surface area contributed by atoms with Crippen LogP contribution in [0.2, 0.25) is 0 Å². The molecule has 7 rings (SSSR count). The normalized spacial score (nSPS) is 15.6. The van der Waals surface area contributed by atoms with Gasteiger partial charge in [-0.2, -0.15) is 4.98 Å². The minimum absolute atomic E-state index is 0.0639. The van der Waals surface area contributed by atoms with Crippen LogP contribution >= 0.6 is 0 Å². The second-order valence-corrected chi connectivity index (χ2v) is 9.25. The fourth-order valence-corrected chi connectivity index (χ4v) is 5.45. The highest BCUT2D eigenvalue weighted by molar-refractivity contribution is 6.08. The van der Waals surface area contributed by atoms with E-state index >= 15 is 0 Å². The number of fused-ring (bicyclic) bond motifs is 5. The van der Waals surface area contributed by atoms with Gasteiger partial charge in [-0.25, -0.2) is 9.55 Å². The fourth-order valence-electron chi connectivity index (χ4n) is 5.45. The van der Waals surface area contributed by atoms with Crippen LogP contribution in [0.25, 0.3) is 50.3 Å². The van der Waals surface area contributed by atoms with E-state index in [1.54, 1.807) is 6.20 Å². The number of nitrogens with one attached hydrogen (secondary N) is 1. The first kappa shape index (κ1) is 20.1. The number of para-hydroxylation sites is 2. The van der Waals surface area contributed by atoms with Gasteiger partial charge in [-0.1, -0.05) is 36.4 Å². The Labute approximate surface area is 201 Å². The minimum atomic E-state index is 0.0639. The topological polar surface area (TPSA) is 80.6 Å². The Bertz CT molecular complexity index is 1760. The predicted molar refractivity (Wildman–Crippen MR) is 138 cm³/mol. The molecule has 6 aromatic rings. The summed E-state index contributed by atoms with van der Waals surface area (Å²) in [7, 11) is 0. The van der Waals surface area contributed by atoms with Crippen molar-refractivity contribution < 1.29 is 4.42 Å². The summed E-state index contributed by atoms with van der Waals surface area (Å²) in [5, 5.41) is 10.6.